The molecule has 10 radical (unpaired) electrons. The van der Waals surface area contributed by atoms with Gasteiger partial charge in [0.2, 0.25) is 0 Å². The average Bonchev–Trinajstić information content (AvgIpc) is 2.94. The van der Waals surface area contributed by atoms with Crippen molar-refractivity contribution in [2.24, 2.45) is 0 Å². The van der Waals surface area contributed by atoms with E-state index in [-0.39, 0.29) is 47.4 Å². The van der Waals surface area contributed by atoms with Gasteiger partial charge in [-0.1, -0.05) is 69.2 Å². The normalized spacial score (nSPS) is 21.7. The van der Waals surface area contributed by atoms with Crippen LogP contribution in [0, 0.1) is 118 Å². The predicted molar refractivity (Wildman–Crippen MR) is 120 cm³/mol. The van der Waals surface area contributed by atoms with Crippen molar-refractivity contribution in [1.29, 1.82) is 0 Å². The van der Waals surface area contributed by atoms with Gasteiger partial charge in [0.15, 0.2) is 0 Å². The van der Waals surface area contributed by atoms with Crippen LogP contribution in [-0.2, 0) is 0 Å². The fourth-order valence-electron chi connectivity index (χ4n) is 3.16. The molecule has 0 N–H and O–H groups in total. The number of nitrogens with zero attached hydrogens (tertiary/aromatic N) is 1. The number of aromatic nitrogens is 1. The molecule has 154 valence electrons. The zero-order valence-corrected chi connectivity index (χ0v) is 24.3. The van der Waals surface area contributed by atoms with E-state index < -0.39 is 0 Å². The Hall–Kier alpha value is 0.275. The summed E-state index contributed by atoms with van der Waals surface area (Å²) < 4.78 is 0.625. The maximum atomic E-state index is 10.1. The van der Waals surface area contributed by atoms with Crippen LogP contribution in [0.1, 0.15) is 69.2 Å². The van der Waals surface area contributed by atoms with Crippen LogP contribution in [0.15, 0.2) is 24.4 Å². The summed E-state index contributed by atoms with van der Waals surface area (Å²) in [5.41, 5.74) is 0. The fraction of sp³-hybridized carbons (Fsp3) is 0.385. The van der Waals surface area contributed by atoms with E-state index in [1.54, 1.807) is 18.2 Å². The van der Waals surface area contributed by atoms with Crippen LogP contribution >= 0.6 is 0 Å². The predicted octanol–water partition coefficient (Wildman–Crippen LogP) is 6.51. The van der Waals surface area contributed by atoms with E-state index in [0.29, 0.717) is 4.73 Å². The van der Waals surface area contributed by atoms with Crippen molar-refractivity contribution in [3.8, 4) is 0 Å². The van der Waals surface area contributed by atoms with E-state index in [1.807, 2.05) is 0 Å². The van der Waals surface area contributed by atoms with Crippen molar-refractivity contribution in [2.75, 3.05) is 0 Å². The van der Waals surface area contributed by atoms with Gasteiger partial charge in [-0.05, 0) is 59.2 Å². The first-order valence-corrected chi connectivity index (χ1v) is 9.45. The van der Waals surface area contributed by atoms with Gasteiger partial charge in [-0.15, -0.1) is 12.1 Å². The number of hydrogen-bond acceptors (Lipinski definition) is 1. The minimum atomic E-state index is 0. The summed E-state index contributed by atoms with van der Waals surface area (Å²) in [6, 6.07) is 4.96. The molecule has 2 aliphatic rings. The molecule has 0 saturated heterocycles. The van der Waals surface area contributed by atoms with Crippen molar-refractivity contribution in [2.45, 2.75) is 69.2 Å². The quantitative estimate of drug-likeness (QED) is 0.187. The Morgan fingerprint density at radius 1 is 0.552 bits per heavy atom. The molecular formula is C26H37NOTh+2. The van der Waals surface area contributed by atoms with E-state index >= 15 is 0 Å². The van der Waals surface area contributed by atoms with Gasteiger partial charge in [-0.3, -0.25) is 4.73 Å². The zero-order valence-electron chi connectivity index (χ0n) is 20.2. The van der Waals surface area contributed by atoms with Gasteiger partial charge < -0.3 is 12.6 Å². The largest absolute Gasteiger partial charge is 4.00 e. The molecule has 1 aromatic heterocycles. The van der Waals surface area contributed by atoms with Crippen molar-refractivity contribution >= 4 is 0 Å². The van der Waals surface area contributed by atoms with E-state index in [4.69, 9.17) is 0 Å². The Morgan fingerprint density at radius 2 is 0.793 bits per heavy atom. The van der Waals surface area contributed by atoms with Crippen LogP contribution in [0.4, 0.5) is 0 Å². The van der Waals surface area contributed by atoms with Crippen molar-refractivity contribution < 1.29 is 44.7 Å². The van der Waals surface area contributed by atoms with Gasteiger partial charge in [-0.2, -0.15) is 6.07 Å². The van der Waals surface area contributed by atoms with Gasteiger partial charge in [0.1, 0.15) is 6.20 Å². The molecular weight excluding hydrogens is 574 g/mol. The van der Waals surface area contributed by atoms with Gasteiger partial charge in [0.25, 0.3) is 0 Å². The second-order valence-corrected chi connectivity index (χ2v) is 7.41. The van der Waals surface area contributed by atoms with Crippen molar-refractivity contribution in [1.82, 2.24) is 0 Å². The Bertz CT molecular complexity index is 417. The third kappa shape index (κ3) is 8.38. The van der Waals surface area contributed by atoms with Crippen LogP contribution in [0.2, 0.25) is 0 Å². The van der Waals surface area contributed by atoms with E-state index in [0.717, 1.165) is 0 Å². The number of rotatable bonds is 0. The summed E-state index contributed by atoms with van der Waals surface area (Å²) in [5.74, 6) is 14.7. The third-order valence-electron chi connectivity index (χ3n) is 6.26. The Labute approximate surface area is 214 Å². The third-order valence-corrected chi connectivity index (χ3v) is 6.26. The van der Waals surface area contributed by atoms with Crippen LogP contribution in [0.5, 0.6) is 0 Å². The van der Waals surface area contributed by atoms with Gasteiger partial charge in [-0.25, -0.2) is 0 Å². The van der Waals surface area contributed by atoms with Crippen LogP contribution in [0.3, 0.4) is 0 Å². The summed E-state index contributed by atoms with van der Waals surface area (Å²) in [6.45, 7) is 22.0. The van der Waals surface area contributed by atoms with Crippen LogP contribution in [-0.4, -0.2) is 0 Å². The van der Waals surface area contributed by atoms with Crippen LogP contribution in [0.25, 0.3) is 0 Å². The molecule has 2 fully saturated rings. The first-order chi connectivity index (χ1) is 12.5. The minimum absolute atomic E-state index is 0. The Kier molecular flexibility index (Phi) is 15.6. The molecule has 0 unspecified atom stereocenters. The average molecular weight is 612 g/mol. The molecule has 2 aliphatic carbocycles. The zero-order chi connectivity index (χ0) is 20.9. The topological polar surface area (TPSA) is 26.9 Å². The molecule has 0 aromatic carbocycles. The van der Waals surface area contributed by atoms with E-state index in [1.165, 1.54) is 65.4 Å². The fourth-order valence-corrected chi connectivity index (χ4v) is 3.16. The number of hydrogen-bond donors (Lipinski definition) is 0. The molecule has 0 bridgehead atoms. The molecule has 3 heteroatoms. The standard InChI is InChI=1S/2C10H15.C5H4NO.CH3.Th/c2*1-6-7(2)9(4)10(5)8(6)3;7-6-4-2-1-3-5-6;;/h2*1-5H3;1-4H;1H3;/q;;2*-1;+4. The first kappa shape index (κ1) is 31.5. The molecule has 0 amide bonds. The van der Waals surface area contributed by atoms with E-state index in [2.05, 4.69) is 75.4 Å². The molecule has 3 rings (SSSR count). The molecule has 2 saturated carbocycles. The summed E-state index contributed by atoms with van der Waals surface area (Å²) in [7, 11) is 0. The molecule has 0 aliphatic heterocycles. The molecule has 1 heterocycles. The second kappa shape index (κ2) is 14.4. The maximum Gasteiger partial charge on any atom is 4.00 e. The molecule has 0 spiro atoms. The molecule has 1 aromatic rings. The first-order valence-electron chi connectivity index (χ1n) is 9.45. The van der Waals surface area contributed by atoms with Crippen molar-refractivity contribution in [3.05, 3.63) is 102 Å². The molecule has 29 heavy (non-hydrogen) atoms. The van der Waals surface area contributed by atoms with Gasteiger partial charge in [0.05, 0.1) is 6.20 Å². The summed E-state index contributed by atoms with van der Waals surface area (Å²) in [4.78, 5) is 0. The number of pyridine rings is 1. The SMILES string of the molecule is C[C]1[C](C)[C](C)[C](C)[C]1C.C[C]1[C](C)[C](C)[C](C)[C]1C.[CH3-].[O-][n+]1[c-]cccc1.[Th+4]. The van der Waals surface area contributed by atoms with Gasteiger partial charge >= 0.3 is 39.9 Å². The second-order valence-electron chi connectivity index (χ2n) is 7.41. The summed E-state index contributed by atoms with van der Waals surface area (Å²) in [5, 5.41) is 10.1. The Morgan fingerprint density at radius 3 is 0.897 bits per heavy atom. The maximum absolute atomic E-state index is 10.1. The smallest absolute Gasteiger partial charge is 0.641 e. The van der Waals surface area contributed by atoms with Crippen molar-refractivity contribution in [3.63, 3.8) is 0 Å². The summed E-state index contributed by atoms with van der Waals surface area (Å²) in [6.07, 6.45) is 3.78. The van der Waals surface area contributed by atoms with E-state index in [9.17, 15) is 5.21 Å². The van der Waals surface area contributed by atoms with Gasteiger partial charge in [0, 0.05) is 0 Å². The summed E-state index contributed by atoms with van der Waals surface area (Å²) >= 11 is 0. The minimum Gasteiger partial charge on any atom is -0.641 e. The Balaban J connectivity index is 0. The molecule has 0 atom stereocenters. The van der Waals surface area contributed by atoms with Crippen LogP contribution < -0.4 is 4.73 Å². The molecule has 2 nitrogen and oxygen atoms in total. The monoisotopic (exact) mass is 611 g/mol.